The molecule has 2 fully saturated rings. The van der Waals surface area contributed by atoms with Gasteiger partial charge in [-0.15, -0.1) is 0 Å². The fourth-order valence-electron chi connectivity index (χ4n) is 2.35. The first kappa shape index (κ1) is 6.66. The summed E-state index contributed by atoms with van der Waals surface area (Å²) >= 11 is 0. The van der Waals surface area contributed by atoms with Crippen molar-refractivity contribution >= 4 is 0 Å². The molecule has 0 spiro atoms. The minimum absolute atomic E-state index is 0.415. The van der Waals surface area contributed by atoms with E-state index in [2.05, 4.69) is 0 Å². The van der Waals surface area contributed by atoms with Gasteiger partial charge in [0.2, 0.25) is 0 Å². The Labute approximate surface area is 62.4 Å². The Morgan fingerprint density at radius 1 is 1.20 bits per heavy atom. The molecule has 0 aromatic carbocycles. The zero-order valence-electron chi connectivity index (χ0n) is 6.47. The molecule has 1 heteroatoms. The average molecular weight is 140 g/mol. The van der Waals surface area contributed by atoms with E-state index in [1.54, 1.807) is 0 Å². The Morgan fingerprint density at radius 3 is 2.00 bits per heavy atom. The van der Waals surface area contributed by atoms with Gasteiger partial charge in [-0.2, -0.15) is 0 Å². The summed E-state index contributed by atoms with van der Waals surface area (Å²) in [6, 6.07) is 0. The van der Waals surface area contributed by atoms with Crippen LogP contribution in [0.15, 0.2) is 0 Å². The molecule has 0 heterocycles. The van der Waals surface area contributed by atoms with Crippen molar-refractivity contribution in [2.24, 2.45) is 11.3 Å². The smallest absolute Gasteiger partial charge is 0.0490 e. The van der Waals surface area contributed by atoms with E-state index in [0.29, 0.717) is 12.0 Å². The van der Waals surface area contributed by atoms with Crippen molar-refractivity contribution in [1.29, 1.82) is 0 Å². The summed E-state index contributed by atoms with van der Waals surface area (Å²) < 4.78 is 0. The standard InChI is InChI=1S/C9H16O/c10-7-9(5-2-6-9)8-3-1-4-8/h8,10H,1-7H2. The molecule has 1 nitrogen and oxygen atoms in total. The molecule has 10 heavy (non-hydrogen) atoms. The number of hydrogen-bond acceptors (Lipinski definition) is 1. The summed E-state index contributed by atoms with van der Waals surface area (Å²) in [5.74, 6) is 0.895. The number of rotatable bonds is 2. The topological polar surface area (TPSA) is 20.2 Å². The van der Waals surface area contributed by atoms with Crippen LogP contribution in [0.5, 0.6) is 0 Å². The Hall–Kier alpha value is -0.0400. The SMILES string of the molecule is OCC1(C2CCC2)CCC1. The summed E-state index contributed by atoms with van der Waals surface area (Å²) in [5.41, 5.74) is 0.415. The highest BCUT2D eigenvalue weighted by Crippen LogP contribution is 2.53. The Morgan fingerprint density at radius 2 is 1.90 bits per heavy atom. The third-order valence-electron chi connectivity index (χ3n) is 3.64. The molecule has 0 atom stereocenters. The van der Waals surface area contributed by atoms with E-state index in [-0.39, 0.29) is 0 Å². The van der Waals surface area contributed by atoms with Crippen LogP contribution in [0.25, 0.3) is 0 Å². The van der Waals surface area contributed by atoms with Crippen molar-refractivity contribution in [2.45, 2.75) is 38.5 Å². The summed E-state index contributed by atoms with van der Waals surface area (Å²) in [6.45, 7) is 0.456. The van der Waals surface area contributed by atoms with E-state index in [0.717, 1.165) is 5.92 Å². The van der Waals surface area contributed by atoms with Gasteiger partial charge >= 0.3 is 0 Å². The number of aliphatic hydroxyl groups excluding tert-OH is 1. The number of aliphatic hydroxyl groups is 1. The third-order valence-corrected chi connectivity index (χ3v) is 3.64. The lowest BCUT2D eigenvalue weighted by Gasteiger charge is -2.50. The van der Waals surface area contributed by atoms with Crippen molar-refractivity contribution in [3.05, 3.63) is 0 Å². The zero-order chi connectivity index (χ0) is 7.03. The van der Waals surface area contributed by atoms with E-state index >= 15 is 0 Å². The molecule has 0 amide bonds. The summed E-state index contributed by atoms with van der Waals surface area (Å²) in [5, 5.41) is 9.17. The molecule has 58 valence electrons. The normalized spacial score (nSPS) is 30.9. The summed E-state index contributed by atoms with van der Waals surface area (Å²) in [4.78, 5) is 0. The van der Waals surface area contributed by atoms with Gasteiger partial charge in [0.15, 0.2) is 0 Å². The highest BCUT2D eigenvalue weighted by Gasteiger charge is 2.45. The van der Waals surface area contributed by atoms with Gasteiger partial charge in [0.25, 0.3) is 0 Å². The van der Waals surface area contributed by atoms with E-state index in [1.807, 2.05) is 0 Å². The number of hydrogen-bond donors (Lipinski definition) is 1. The lowest BCUT2D eigenvalue weighted by Crippen LogP contribution is -2.43. The maximum Gasteiger partial charge on any atom is 0.0490 e. The minimum atomic E-state index is 0.415. The first-order chi connectivity index (χ1) is 4.87. The van der Waals surface area contributed by atoms with Crippen LogP contribution < -0.4 is 0 Å². The van der Waals surface area contributed by atoms with Crippen molar-refractivity contribution in [1.82, 2.24) is 0 Å². The van der Waals surface area contributed by atoms with Gasteiger partial charge in [0.05, 0.1) is 0 Å². The van der Waals surface area contributed by atoms with Crippen molar-refractivity contribution in [2.75, 3.05) is 6.61 Å². The van der Waals surface area contributed by atoms with Gasteiger partial charge in [-0.1, -0.05) is 12.8 Å². The molecule has 1 N–H and O–H groups in total. The second-order valence-corrected chi connectivity index (χ2v) is 4.00. The lowest BCUT2D eigenvalue weighted by atomic mass is 9.56. The van der Waals surface area contributed by atoms with E-state index < -0.39 is 0 Å². The van der Waals surface area contributed by atoms with Crippen LogP contribution in [0.3, 0.4) is 0 Å². The molecular weight excluding hydrogens is 124 g/mol. The van der Waals surface area contributed by atoms with Gasteiger partial charge in [-0.25, -0.2) is 0 Å². The maximum absolute atomic E-state index is 9.17. The Balaban J connectivity index is 1.96. The van der Waals surface area contributed by atoms with E-state index in [1.165, 1.54) is 38.5 Å². The molecule has 2 aliphatic carbocycles. The van der Waals surface area contributed by atoms with Crippen LogP contribution in [0.2, 0.25) is 0 Å². The van der Waals surface area contributed by atoms with Crippen molar-refractivity contribution in [3.8, 4) is 0 Å². The average Bonchev–Trinajstić information content (AvgIpc) is 1.73. The molecular formula is C9H16O. The highest BCUT2D eigenvalue weighted by atomic mass is 16.3. The largest absolute Gasteiger partial charge is 0.396 e. The molecule has 0 bridgehead atoms. The molecule has 0 aromatic heterocycles. The van der Waals surface area contributed by atoms with Crippen LogP contribution in [-0.2, 0) is 0 Å². The quantitative estimate of drug-likeness (QED) is 0.621. The molecule has 2 rings (SSSR count). The fourth-order valence-corrected chi connectivity index (χ4v) is 2.35. The maximum atomic E-state index is 9.17. The van der Waals surface area contributed by atoms with Gasteiger partial charge in [-0.05, 0) is 37.0 Å². The van der Waals surface area contributed by atoms with Crippen LogP contribution in [0.4, 0.5) is 0 Å². The molecule has 2 saturated carbocycles. The Kier molecular flexibility index (Phi) is 1.48. The molecule has 0 aliphatic heterocycles. The predicted molar refractivity (Wildman–Crippen MR) is 40.7 cm³/mol. The molecule has 0 saturated heterocycles. The van der Waals surface area contributed by atoms with E-state index in [9.17, 15) is 5.11 Å². The Bertz CT molecular complexity index is 117. The molecule has 2 aliphatic rings. The van der Waals surface area contributed by atoms with Crippen LogP contribution in [0.1, 0.15) is 38.5 Å². The highest BCUT2D eigenvalue weighted by molar-refractivity contribution is 4.95. The zero-order valence-corrected chi connectivity index (χ0v) is 6.47. The predicted octanol–water partition coefficient (Wildman–Crippen LogP) is 1.95. The second kappa shape index (κ2) is 2.23. The lowest BCUT2D eigenvalue weighted by molar-refractivity contribution is -0.0458. The van der Waals surface area contributed by atoms with Gasteiger partial charge < -0.3 is 5.11 Å². The van der Waals surface area contributed by atoms with Crippen molar-refractivity contribution in [3.63, 3.8) is 0 Å². The molecule has 0 aromatic rings. The minimum Gasteiger partial charge on any atom is -0.396 e. The van der Waals surface area contributed by atoms with Crippen LogP contribution in [0, 0.1) is 11.3 Å². The van der Waals surface area contributed by atoms with Gasteiger partial charge in [0.1, 0.15) is 0 Å². The first-order valence-corrected chi connectivity index (χ1v) is 4.48. The third kappa shape index (κ3) is 0.731. The monoisotopic (exact) mass is 140 g/mol. The molecule has 0 unspecified atom stereocenters. The van der Waals surface area contributed by atoms with Gasteiger partial charge in [0, 0.05) is 6.61 Å². The van der Waals surface area contributed by atoms with Crippen molar-refractivity contribution < 1.29 is 5.11 Å². The second-order valence-electron chi connectivity index (χ2n) is 4.00. The first-order valence-electron chi connectivity index (χ1n) is 4.48. The van der Waals surface area contributed by atoms with Crippen LogP contribution in [-0.4, -0.2) is 11.7 Å². The molecule has 0 radical (unpaired) electrons. The van der Waals surface area contributed by atoms with E-state index in [4.69, 9.17) is 0 Å². The summed E-state index contributed by atoms with van der Waals surface area (Å²) in [6.07, 6.45) is 8.15. The summed E-state index contributed by atoms with van der Waals surface area (Å²) in [7, 11) is 0. The van der Waals surface area contributed by atoms with Crippen LogP contribution >= 0.6 is 0 Å². The fraction of sp³-hybridized carbons (Fsp3) is 1.00. The van der Waals surface area contributed by atoms with Gasteiger partial charge in [-0.3, -0.25) is 0 Å².